The van der Waals surface area contributed by atoms with Crippen LogP contribution in [0.5, 0.6) is 0 Å². The van der Waals surface area contributed by atoms with Crippen molar-refractivity contribution in [3.63, 3.8) is 0 Å². The number of carboxylic acids is 1. The molecule has 0 spiro atoms. The van der Waals surface area contributed by atoms with Gasteiger partial charge in [-0.2, -0.15) is 0 Å². The van der Waals surface area contributed by atoms with Crippen LogP contribution in [0.3, 0.4) is 0 Å². The fourth-order valence-corrected chi connectivity index (χ4v) is 3.72. The Morgan fingerprint density at radius 2 is 2.00 bits per heavy atom. The number of amides is 1. The first kappa shape index (κ1) is 15.3. The van der Waals surface area contributed by atoms with Gasteiger partial charge in [0, 0.05) is 19.5 Å². The molecule has 0 bridgehead atoms. The predicted octanol–water partition coefficient (Wildman–Crippen LogP) is 1.48. The van der Waals surface area contributed by atoms with Crippen LogP contribution >= 0.6 is 0 Å². The molecule has 0 radical (unpaired) electrons. The Balaban J connectivity index is 1.78. The lowest BCUT2D eigenvalue weighted by atomic mass is 9.79. The summed E-state index contributed by atoms with van der Waals surface area (Å²) in [5.41, 5.74) is -0.289. The van der Waals surface area contributed by atoms with E-state index in [0.29, 0.717) is 12.3 Å². The van der Waals surface area contributed by atoms with Gasteiger partial charge in [-0.25, -0.2) is 0 Å². The molecule has 2 N–H and O–H groups in total. The summed E-state index contributed by atoms with van der Waals surface area (Å²) >= 11 is 0. The maximum Gasteiger partial charge on any atom is 0.303 e. The summed E-state index contributed by atoms with van der Waals surface area (Å²) in [6.45, 7) is 2.87. The van der Waals surface area contributed by atoms with E-state index >= 15 is 0 Å². The highest BCUT2D eigenvalue weighted by Gasteiger charge is 2.38. The van der Waals surface area contributed by atoms with Crippen LogP contribution in [-0.2, 0) is 9.59 Å². The lowest BCUT2D eigenvalue weighted by Crippen LogP contribution is -2.35. The van der Waals surface area contributed by atoms with Crippen molar-refractivity contribution in [2.24, 2.45) is 11.3 Å². The zero-order chi connectivity index (χ0) is 14.6. The van der Waals surface area contributed by atoms with Crippen molar-refractivity contribution < 1.29 is 14.7 Å². The van der Waals surface area contributed by atoms with Crippen molar-refractivity contribution in [2.75, 3.05) is 26.7 Å². The highest BCUT2D eigenvalue weighted by atomic mass is 16.4. The van der Waals surface area contributed by atoms with Gasteiger partial charge in [-0.1, -0.05) is 12.8 Å². The molecule has 20 heavy (non-hydrogen) atoms. The normalized spacial score (nSPS) is 25.8. The van der Waals surface area contributed by atoms with Gasteiger partial charge >= 0.3 is 5.97 Å². The number of nitrogens with one attached hydrogen (secondary N) is 1. The van der Waals surface area contributed by atoms with Crippen LogP contribution < -0.4 is 5.32 Å². The van der Waals surface area contributed by atoms with Crippen LogP contribution in [0.2, 0.25) is 0 Å². The van der Waals surface area contributed by atoms with Crippen molar-refractivity contribution in [3.05, 3.63) is 0 Å². The molecule has 1 heterocycles. The molecule has 5 heteroatoms. The fraction of sp³-hybridized carbons (Fsp3) is 0.867. The van der Waals surface area contributed by atoms with E-state index in [1.807, 2.05) is 0 Å². The third-order valence-corrected chi connectivity index (χ3v) is 4.80. The number of carboxylic acid groups (broad SMARTS) is 1. The Bertz CT molecular complexity index is 364. The maximum atomic E-state index is 12.1. The van der Waals surface area contributed by atoms with Crippen molar-refractivity contribution in [2.45, 2.75) is 44.9 Å². The lowest BCUT2D eigenvalue weighted by molar-refractivity contribution is -0.140. The molecule has 1 atom stereocenters. The molecular formula is C15H26N2O3. The van der Waals surface area contributed by atoms with E-state index in [4.69, 9.17) is 5.11 Å². The number of hydrogen-bond donors (Lipinski definition) is 2. The second kappa shape index (κ2) is 6.57. The molecule has 1 saturated carbocycles. The van der Waals surface area contributed by atoms with Crippen molar-refractivity contribution >= 4 is 11.9 Å². The smallest absolute Gasteiger partial charge is 0.303 e. The van der Waals surface area contributed by atoms with Gasteiger partial charge in [-0.3, -0.25) is 9.59 Å². The molecule has 114 valence electrons. The molecule has 2 fully saturated rings. The number of aliphatic carboxylic acids is 1. The van der Waals surface area contributed by atoms with Gasteiger partial charge in [0.1, 0.15) is 0 Å². The minimum atomic E-state index is -0.780. The Labute approximate surface area is 120 Å². The van der Waals surface area contributed by atoms with E-state index in [1.54, 1.807) is 0 Å². The number of carbonyl (C=O) groups is 2. The van der Waals surface area contributed by atoms with Gasteiger partial charge in [-0.15, -0.1) is 0 Å². The number of hydrogen-bond acceptors (Lipinski definition) is 3. The van der Waals surface area contributed by atoms with E-state index in [0.717, 1.165) is 51.7 Å². The Kier molecular flexibility index (Phi) is 5.02. The van der Waals surface area contributed by atoms with Crippen LogP contribution in [-0.4, -0.2) is 48.6 Å². The van der Waals surface area contributed by atoms with Crippen LogP contribution in [0.1, 0.15) is 44.9 Å². The standard InChI is InChI=1S/C15H26N2O3/c1-17-7-4-12(11-17)10-16-13(18)8-15(9-14(19)20)5-2-3-6-15/h12H,2-11H2,1H3,(H,16,18)(H,19,20). The zero-order valence-corrected chi connectivity index (χ0v) is 12.4. The molecule has 0 aromatic heterocycles. The molecule has 1 aliphatic carbocycles. The van der Waals surface area contributed by atoms with Crippen LogP contribution in [0.4, 0.5) is 0 Å². The summed E-state index contributed by atoms with van der Waals surface area (Å²) in [6, 6.07) is 0. The number of carbonyl (C=O) groups excluding carboxylic acids is 1. The second-order valence-corrected chi connectivity index (χ2v) is 6.68. The van der Waals surface area contributed by atoms with Crippen molar-refractivity contribution in [1.29, 1.82) is 0 Å². The third-order valence-electron chi connectivity index (χ3n) is 4.80. The monoisotopic (exact) mass is 282 g/mol. The Morgan fingerprint density at radius 3 is 2.55 bits per heavy atom. The Hall–Kier alpha value is -1.10. The summed E-state index contributed by atoms with van der Waals surface area (Å²) < 4.78 is 0. The zero-order valence-electron chi connectivity index (χ0n) is 12.4. The number of nitrogens with zero attached hydrogens (tertiary/aromatic N) is 1. The summed E-state index contributed by atoms with van der Waals surface area (Å²) in [4.78, 5) is 25.4. The number of likely N-dealkylation sites (tertiary alicyclic amines) is 1. The van der Waals surface area contributed by atoms with Crippen LogP contribution in [0.25, 0.3) is 0 Å². The van der Waals surface area contributed by atoms with Gasteiger partial charge < -0.3 is 15.3 Å². The van der Waals surface area contributed by atoms with E-state index in [9.17, 15) is 9.59 Å². The molecule has 5 nitrogen and oxygen atoms in total. The molecule has 2 aliphatic rings. The average molecular weight is 282 g/mol. The van der Waals surface area contributed by atoms with Crippen molar-refractivity contribution in [1.82, 2.24) is 10.2 Å². The highest BCUT2D eigenvalue weighted by Crippen LogP contribution is 2.44. The topological polar surface area (TPSA) is 69.6 Å². The van der Waals surface area contributed by atoms with Gasteiger partial charge in [-0.05, 0) is 44.2 Å². The molecular weight excluding hydrogens is 256 g/mol. The van der Waals surface area contributed by atoms with Gasteiger partial charge in [0.2, 0.25) is 5.91 Å². The van der Waals surface area contributed by atoms with Crippen molar-refractivity contribution in [3.8, 4) is 0 Å². The second-order valence-electron chi connectivity index (χ2n) is 6.68. The van der Waals surface area contributed by atoms with E-state index < -0.39 is 5.97 Å². The van der Waals surface area contributed by atoms with Gasteiger partial charge in [0.15, 0.2) is 0 Å². The molecule has 0 aromatic rings. The number of rotatable bonds is 6. The fourth-order valence-electron chi connectivity index (χ4n) is 3.72. The maximum absolute atomic E-state index is 12.1. The first-order valence-corrected chi connectivity index (χ1v) is 7.66. The van der Waals surface area contributed by atoms with Gasteiger partial charge in [0.25, 0.3) is 0 Å². The van der Waals surface area contributed by atoms with E-state index in [-0.39, 0.29) is 17.7 Å². The highest BCUT2D eigenvalue weighted by molar-refractivity contribution is 5.78. The van der Waals surface area contributed by atoms with Gasteiger partial charge in [0.05, 0.1) is 6.42 Å². The first-order chi connectivity index (χ1) is 9.49. The summed E-state index contributed by atoms with van der Waals surface area (Å²) in [6.07, 6.45) is 5.49. The molecule has 0 aromatic carbocycles. The Morgan fingerprint density at radius 1 is 1.30 bits per heavy atom. The first-order valence-electron chi connectivity index (χ1n) is 7.66. The summed E-state index contributed by atoms with van der Waals surface area (Å²) in [5, 5.41) is 12.1. The van der Waals surface area contributed by atoms with Crippen LogP contribution in [0, 0.1) is 11.3 Å². The van der Waals surface area contributed by atoms with E-state index in [1.165, 1.54) is 0 Å². The predicted molar refractivity (Wildman–Crippen MR) is 76.4 cm³/mol. The largest absolute Gasteiger partial charge is 0.481 e. The third kappa shape index (κ3) is 4.20. The molecule has 1 aliphatic heterocycles. The summed E-state index contributed by atoms with van der Waals surface area (Å²) in [7, 11) is 2.10. The molecule has 1 amide bonds. The SMILES string of the molecule is CN1CCC(CNC(=O)CC2(CC(=O)O)CCCC2)C1. The lowest BCUT2D eigenvalue weighted by Gasteiger charge is -2.26. The minimum Gasteiger partial charge on any atom is -0.481 e. The molecule has 1 unspecified atom stereocenters. The van der Waals surface area contributed by atoms with E-state index in [2.05, 4.69) is 17.3 Å². The quantitative estimate of drug-likeness (QED) is 0.774. The van der Waals surface area contributed by atoms with Crippen LogP contribution in [0.15, 0.2) is 0 Å². The molecule has 2 rings (SSSR count). The summed E-state index contributed by atoms with van der Waals surface area (Å²) in [5.74, 6) is -0.206. The minimum absolute atomic E-state index is 0.0303. The molecule has 1 saturated heterocycles. The average Bonchev–Trinajstić information content (AvgIpc) is 2.95.